The number of amides is 2. The Kier molecular flexibility index (Phi) is 6.91. The van der Waals surface area contributed by atoms with Gasteiger partial charge in [-0.15, -0.1) is 0 Å². The molecule has 1 aromatic rings. The molecular formula is C18H26N2O5. The molecule has 138 valence electrons. The molecule has 1 fully saturated rings. The van der Waals surface area contributed by atoms with E-state index >= 15 is 0 Å². The number of rotatable bonds is 7. The predicted octanol–water partition coefficient (Wildman–Crippen LogP) is 2.22. The fourth-order valence-electron chi connectivity index (χ4n) is 2.96. The standard InChI is InChI=1S/C18H26N2O5/c1-13-9-14(17(21)22)12-20(11-13)18(23)19-7-4-8-25-16-6-3-5-15(10-16)24-2/h3,5-6,10,13-14H,4,7-9,11-12H2,1-2H3,(H,19,23)(H,21,22). The third-order valence-electron chi connectivity index (χ3n) is 4.20. The fourth-order valence-corrected chi connectivity index (χ4v) is 2.96. The van der Waals surface area contributed by atoms with E-state index in [9.17, 15) is 9.59 Å². The van der Waals surface area contributed by atoms with E-state index in [4.69, 9.17) is 14.6 Å². The molecule has 0 aliphatic carbocycles. The summed E-state index contributed by atoms with van der Waals surface area (Å²) in [5, 5.41) is 12.0. The van der Waals surface area contributed by atoms with Crippen LogP contribution in [0, 0.1) is 11.8 Å². The SMILES string of the molecule is COc1cccc(OCCCNC(=O)N2CC(C)CC(C(=O)O)C2)c1. The summed E-state index contributed by atoms with van der Waals surface area (Å²) in [6.07, 6.45) is 1.28. The van der Waals surface area contributed by atoms with Crippen LogP contribution in [-0.2, 0) is 4.79 Å². The maximum atomic E-state index is 12.2. The number of carbonyl (C=O) groups excluding carboxylic acids is 1. The van der Waals surface area contributed by atoms with Crippen LogP contribution >= 0.6 is 0 Å². The van der Waals surface area contributed by atoms with Gasteiger partial charge in [-0.05, 0) is 30.9 Å². The van der Waals surface area contributed by atoms with E-state index in [2.05, 4.69) is 5.32 Å². The van der Waals surface area contributed by atoms with Crippen LogP contribution in [0.15, 0.2) is 24.3 Å². The van der Waals surface area contributed by atoms with E-state index in [1.54, 1.807) is 18.1 Å². The molecule has 2 unspecified atom stereocenters. The normalized spacial score (nSPS) is 20.0. The van der Waals surface area contributed by atoms with Gasteiger partial charge < -0.3 is 24.8 Å². The van der Waals surface area contributed by atoms with E-state index in [1.807, 2.05) is 25.1 Å². The summed E-state index contributed by atoms with van der Waals surface area (Å²) in [7, 11) is 1.60. The van der Waals surface area contributed by atoms with Gasteiger partial charge >= 0.3 is 12.0 Å². The molecule has 1 aromatic carbocycles. The Balaban J connectivity index is 1.68. The molecule has 1 saturated heterocycles. The minimum Gasteiger partial charge on any atom is -0.497 e. The lowest BCUT2D eigenvalue weighted by Gasteiger charge is -2.34. The maximum absolute atomic E-state index is 12.2. The lowest BCUT2D eigenvalue weighted by molar-refractivity contribution is -0.143. The van der Waals surface area contributed by atoms with Crippen molar-refractivity contribution in [2.24, 2.45) is 11.8 Å². The summed E-state index contributed by atoms with van der Waals surface area (Å²) in [6.45, 7) is 3.78. The van der Waals surface area contributed by atoms with Crippen LogP contribution in [0.4, 0.5) is 4.79 Å². The molecule has 2 N–H and O–H groups in total. The number of ether oxygens (including phenoxy) is 2. The first-order valence-electron chi connectivity index (χ1n) is 8.52. The number of nitrogens with one attached hydrogen (secondary N) is 1. The van der Waals surface area contributed by atoms with Crippen molar-refractivity contribution < 1.29 is 24.2 Å². The summed E-state index contributed by atoms with van der Waals surface area (Å²) in [4.78, 5) is 25.0. The van der Waals surface area contributed by atoms with Gasteiger partial charge in [0.15, 0.2) is 0 Å². The van der Waals surface area contributed by atoms with E-state index in [0.29, 0.717) is 32.5 Å². The molecule has 0 bridgehead atoms. The van der Waals surface area contributed by atoms with Crippen LogP contribution < -0.4 is 14.8 Å². The molecule has 1 aliphatic rings. The third-order valence-corrected chi connectivity index (χ3v) is 4.20. The summed E-state index contributed by atoms with van der Waals surface area (Å²) in [6, 6.07) is 7.14. The van der Waals surface area contributed by atoms with Gasteiger partial charge in [0.25, 0.3) is 0 Å². The molecule has 0 aromatic heterocycles. The second-order valence-electron chi connectivity index (χ2n) is 6.39. The first kappa shape index (κ1) is 18.9. The number of carboxylic acid groups (broad SMARTS) is 1. The highest BCUT2D eigenvalue weighted by Crippen LogP contribution is 2.22. The number of likely N-dealkylation sites (tertiary alicyclic amines) is 1. The molecule has 7 nitrogen and oxygen atoms in total. The molecular weight excluding hydrogens is 324 g/mol. The number of aliphatic carboxylic acids is 1. The van der Waals surface area contributed by atoms with E-state index in [0.717, 1.165) is 11.5 Å². The number of piperidine rings is 1. The van der Waals surface area contributed by atoms with Gasteiger partial charge in [0.2, 0.25) is 0 Å². The summed E-state index contributed by atoms with van der Waals surface area (Å²) in [5.74, 6) is 0.330. The topological polar surface area (TPSA) is 88.1 Å². The van der Waals surface area contributed by atoms with E-state index < -0.39 is 11.9 Å². The Morgan fingerprint density at radius 1 is 1.32 bits per heavy atom. The van der Waals surface area contributed by atoms with Gasteiger partial charge in [0.05, 0.1) is 19.6 Å². The number of urea groups is 1. The Bertz CT molecular complexity index is 593. The van der Waals surface area contributed by atoms with Crippen molar-refractivity contribution in [1.29, 1.82) is 0 Å². The van der Waals surface area contributed by atoms with Gasteiger partial charge in [-0.2, -0.15) is 0 Å². The molecule has 1 heterocycles. The monoisotopic (exact) mass is 350 g/mol. The van der Waals surface area contributed by atoms with Crippen molar-refractivity contribution in [1.82, 2.24) is 10.2 Å². The third kappa shape index (κ3) is 5.85. The van der Waals surface area contributed by atoms with Crippen molar-refractivity contribution in [3.05, 3.63) is 24.3 Å². The second-order valence-corrected chi connectivity index (χ2v) is 6.39. The number of hydrogen-bond acceptors (Lipinski definition) is 4. The molecule has 2 rings (SSSR count). The van der Waals surface area contributed by atoms with Crippen LogP contribution in [0.2, 0.25) is 0 Å². The van der Waals surface area contributed by atoms with Crippen LogP contribution in [-0.4, -0.2) is 55.4 Å². The van der Waals surface area contributed by atoms with Crippen LogP contribution in [0.1, 0.15) is 19.8 Å². The summed E-state index contributed by atoms with van der Waals surface area (Å²) < 4.78 is 10.7. The molecule has 25 heavy (non-hydrogen) atoms. The minimum absolute atomic E-state index is 0.192. The molecule has 2 atom stereocenters. The van der Waals surface area contributed by atoms with Crippen molar-refractivity contribution in [3.8, 4) is 11.5 Å². The van der Waals surface area contributed by atoms with E-state index in [1.165, 1.54) is 0 Å². The molecule has 1 aliphatic heterocycles. The lowest BCUT2D eigenvalue weighted by Crippen LogP contribution is -2.49. The highest BCUT2D eigenvalue weighted by atomic mass is 16.5. The summed E-state index contributed by atoms with van der Waals surface area (Å²) in [5.41, 5.74) is 0. The van der Waals surface area contributed by atoms with E-state index in [-0.39, 0.29) is 18.5 Å². The highest BCUT2D eigenvalue weighted by Gasteiger charge is 2.31. The molecule has 7 heteroatoms. The quantitative estimate of drug-likeness (QED) is 0.736. The smallest absolute Gasteiger partial charge is 0.317 e. The van der Waals surface area contributed by atoms with Crippen molar-refractivity contribution in [2.45, 2.75) is 19.8 Å². The lowest BCUT2D eigenvalue weighted by atomic mass is 9.91. The largest absolute Gasteiger partial charge is 0.497 e. The summed E-state index contributed by atoms with van der Waals surface area (Å²) >= 11 is 0. The average molecular weight is 350 g/mol. The minimum atomic E-state index is -0.837. The Morgan fingerprint density at radius 3 is 2.80 bits per heavy atom. The number of carboxylic acids is 1. The highest BCUT2D eigenvalue weighted by molar-refractivity contribution is 5.76. The molecule has 0 radical (unpaired) electrons. The van der Waals surface area contributed by atoms with Crippen molar-refractivity contribution in [3.63, 3.8) is 0 Å². The van der Waals surface area contributed by atoms with Crippen LogP contribution in [0.3, 0.4) is 0 Å². The molecule has 2 amide bonds. The number of hydrogen-bond donors (Lipinski definition) is 2. The number of benzene rings is 1. The van der Waals surface area contributed by atoms with Gasteiger partial charge in [0, 0.05) is 25.7 Å². The number of methoxy groups -OCH3 is 1. The van der Waals surface area contributed by atoms with Gasteiger partial charge in [-0.25, -0.2) is 4.79 Å². The predicted molar refractivity (Wildman–Crippen MR) is 93.0 cm³/mol. The zero-order chi connectivity index (χ0) is 18.2. The Morgan fingerprint density at radius 2 is 2.08 bits per heavy atom. The van der Waals surface area contributed by atoms with Gasteiger partial charge in [-0.3, -0.25) is 4.79 Å². The maximum Gasteiger partial charge on any atom is 0.317 e. The zero-order valence-corrected chi connectivity index (χ0v) is 14.7. The number of nitrogens with zero attached hydrogens (tertiary/aromatic N) is 1. The van der Waals surface area contributed by atoms with Gasteiger partial charge in [0.1, 0.15) is 11.5 Å². The first-order chi connectivity index (χ1) is 12.0. The van der Waals surface area contributed by atoms with Crippen molar-refractivity contribution >= 4 is 12.0 Å². The Labute approximate surface area is 147 Å². The zero-order valence-electron chi connectivity index (χ0n) is 14.7. The van der Waals surface area contributed by atoms with Gasteiger partial charge in [-0.1, -0.05) is 13.0 Å². The average Bonchev–Trinajstić information content (AvgIpc) is 2.60. The molecule has 0 saturated carbocycles. The second kappa shape index (κ2) is 9.15. The first-order valence-corrected chi connectivity index (χ1v) is 8.52. The molecule has 0 spiro atoms. The number of carbonyl (C=O) groups is 2. The van der Waals surface area contributed by atoms with Crippen LogP contribution in [0.5, 0.6) is 11.5 Å². The van der Waals surface area contributed by atoms with Crippen molar-refractivity contribution in [2.75, 3.05) is 33.4 Å². The Hall–Kier alpha value is -2.44. The van der Waals surface area contributed by atoms with Crippen LogP contribution in [0.25, 0.3) is 0 Å². The fraction of sp³-hybridized carbons (Fsp3) is 0.556.